The van der Waals surface area contributed by atoms with Crippen LogP contribution in [0.1, 0.15) is 30.4 Å². The van der Waals surface area contributed by atoms with Gasteiger partial charge in [-0.15, -0.1) is 0 Å². The molecule has 0 saturated heterocycles. The molecule has 25 heavy (non-hydrogen) atoms. The number of methoxy groups -OCH3 is 1. The molecule has 0 spiro atoms. The van der Waals surface area contributed by atoms with Crippen LogP contribution in [0.2, 0.25) is 5.02 Å². The number of carbonyl (C=O) groups excluding carboxylic acids is 2. The van der Waals surface area contributed by atoms with E-state index in [1.165, 1.54) is 12.0 Å². The largest absolute Gasteiger partial charge is 0.468 e. The molecule has 0 radical (unpaired) electrons. The fourth-order valence-corrected chi connectivity index (χ4v) is 2.68. The average molecular weight is 360 g/mol. The van der Waals surface area contributed by atoms with Gasteiger partial charge >= 0.3 is 5.97 Å². The third-order valence-corrected chi connectivity index (χ3v) is 4.29. The molecule has 0 aliphatic heterocycles. The van der Waals surface area contributed by atoms with Crippen LogP contribution in [0.3, 0.4) is 0 Å². The number of amides is 1. The predicted molar refractivity (Wildman–Crippen MR) is 98.4 cm³/mol. The van der Waals surface area contributed by atoms with Crippen LogP contribution in [0, 0.1) is 0 Å². The van der Waals surface area contributed by atoms with Crippen LogP contribution in [0.4, 0.5) is 0 Å². The first-order chi connectivity index (χ1) is 12.0. The molecule has 2 rings (SSSR count). The van der Waals surface area contributed by atoms with Gasteiger partial charge in [-0.2, -0.15) is 0 Å². The van der Waals surface area contributed by atoms with E-state index in [9.17, 15) is 9.59 Å². The Balaban J connectivity index is 2.09. The van der Waals surface area contributed by atoms with E-state index < -0.39 is 5.97 Å². The summed E-state index contributed by atoms with van der Waals surface area (Å²) in [4.78, 5) is 26.0. The van der Waals surface area contributed by atoms with E-state index in [0.717, 1.165) is 11.1 Å². The minimum Gasteiger partial charge on any atom is -0.468 e. The second-order valence-electron chi connectivity index (χ2n) is 5.97. The number of hydrogen-bond acceptors (Lipinski definition) is 3. The molecule has 2 aromatic rings. The highest BCUT2D eigenvalue weighted by atomic mass is 35.5. The zero-order valence-corrected chi connectivity index (χ0v) is 15.2. The van der Waals surface area contributed by atoms with E-state index in [-0.39, 0.29) is 18.4 Å². The lowest BCUT2D eigenvalue weighted by atomic mass is 9.97. The third-order valence-electron chi connectivity index (χ3n) is 4.04. The second kappa shape index (κ2) is 9.23. The number of nitrogens with zero attached hydrogens (tertiary/aromatic N) is 1. The standard InChI is InChI=1S/C20H22ClNO3/c1-15(17-6-4-3-5-7-17)12-19(23)22(14-20(24)25-2)13-16-8-10-18(21)11-9-16/h3-11,15H,12-14H2,1-2H3. The van der Waals surface area contributed by atoms with E-state index in [1.807, 2.05) is 49.4 Å². The lowest BCUT2D eigenvalue weighted by molar-refractivity contribution is -0.147. The summed E-state index contributed by atoms with van der Waals surface area (Å²) in [5, 5.41) is 0.632. The minimum absolute atomic E-state index is 0.0686. The zero-order chi connectivity index (χ0) is 18.2. The van der Waals surface area contributed by atoms with Crippen molar-refractivity contribution in [2.45, 2.75) is 25.8 Å². The smallest absolute Gasteiger partial charge is 0.325 e. The summed E-state index contributed by atoms with van der Waals surface area (Å²) in [6.07, 6.45) is 0.328. The first-order valence-corrected chi connectivity index (χ1v) is 8.51. The molecule has 132 valence electrons. The van der Waals surface area contributed by atoms with Crippen molar-refractivity contribution in [1.82, 2.24) is 4.90 Å². The molecule has 0 N–H and O–H groups in total. The normalized spacial score (nSPS) is 11.6. The van der Waals surface area contributed by atoms with Gasteiger partial charge < -0.3 is 9.64 Å². The van der Waals surface area contributed by atoms with Crippen molar-refractivity contribution in [3.05, 3.63) is 70.7 Å². The highest BCUT2D eigenvalue weighted by Crippen LogP contribution is 2.20. The summed E-state index contributed by atoms with van der Waals surface area (Å²) >= 11 is 5.90. The molecule has 1 amide bonds. The van der Waals surface area contributed by atoms with E-state index >= 15 is 0 Å². The summed E-state index contributed by atoms with van der Waals surface area (Å²) in [6, 6.07) is 17.1. The summed E-state index contributed by atoms with van der Waals surface area (Å²) in [6.45, 7) is 2.28. The highest BCUT2D eigenvalue weighted by Gasteiger charge is 2.20. The molecule has 0 aliphatic rings. The summed E-state index contributed by atoms with van der Waals surface area (Å²) in [5.41, 5.74) is 2.01. The maximum atomic E-state index is 12.7. The van der Waals surface area contributed by atoms with Gasteiger partial charge in [0.2, 0.25) is 5.91 Å². The van der Waals surface area contributed by atoms with E-state index in [1.54, 1.807) is 12.1 Å². The van der Waals surface area contributed by atoms with Crippen molar-refractivity contribution < 1.29 is 14.3 Å². The number of rotatable bonds is 7. The first-order valence-electron chi connectivity index (χ1n) is 8.13. The van der Waals surface area contributed by atoms with Crippen LogP contribution in [-0.2, 0) is 20.9 Å². The summed E-state index contributed by atoms with van der Waals surface area (Å²) < 4.78 is 4.72. The highest BCUT2D eigenvalue weighted by molar-refractivity contribution is 6.30. The number of ether oxygens (including phenoxy) is 1. The number of hydrogen-bond donors (Lipinski definition) is 0. The Hall–Kier alpha value is -2.33. The van der Waals surface area contributed by atoms with Crippen LogP contribution >= 0.6 is 11.6 Å². The minimum atomic E-state index is -0.435. The van der Waals surface area contributed by atoms with Gasteiger partial charge in [-0.05, 0) is 29.2 Å². The third kappa shape index (κ3) is 5.91. The molecule has 1 unspecified atom stereocenters. The monoisotopic (exact) mass is 359 g/mol. The summed E-state index contributed by atoms with van der Waals surface area (Å²) in [5.74, 6) is -0.453. The Morgan fingerprint density at radius 3 is 2.32 bits per heavy atom. The molecular formula is C20H22ClNO3. The Labute approximate surface area is 153 Å². The Kier molecular flexibility index (Phi) is 7.02. The van der Waals surface area contributed by atoms with Gasteiger partial charge in [0.05, 0.1) is 7.11 Å². The van der Waals surface area contributed by atoms with Crippen LogP contribution in [0.25, 0.3) is 0 Å². The lowest BCUT2D eigenvalue weighted by Gasteiger charge is -2.23. The van der Waals surface area contributed by atoms with Gasteiger partial charge in [0.15, 0.2) is 0 Å². The molecule has 0 aliphatic carbocycles. The predicted octanol–water partition coefficient (Wildman–Crippen LogP) is 4.04. The molecule has 5 heteroatoms. The SMILES string of the molecule is COC(=O)CN(Cc1ccc(Cl)cc1)C(=O)CC(C)c1ccccc1. The molecule has 0 fully saturated rings. The van der Waals surface area contributed by atoms with Gasteiger partial charge in [-0.1, -0.05) is 61.0 Å². The van der Waals surface area contributed by atoms with Crippen molar-refractivity contribution in [2.75, 3.05) is 13.7 Å². The van der Waals surface area contributed by atoms with Crippen molar-refractivity contribution >= 4 is 23.5 Å². The lowest BCUT2D eigenvalue weighted by Crippen LogP contribution is -2.36. The molecule has 0 aromatic heterocycles. The zero-order valence-electron chi connectivity index (χ0n) is 14.4. The number of benzene rings is 2. The first kappa shape index (κ1) is 19.0. The molecule has 0 saturated carbocycles. The van der Waals surface area contributed by atoms with Crippen molar-refractivity contribution in [2.24, 2.45) is 0 Å². The van der Waals surface area contributed by atoms with Crippen LogP contribution in [0.15, 0.2) is 54.6 Å². The Morgan fingerprint density at radius 2 is 1.72 bits per heavy atom. The molecular weight excluding hydrogens is 338 g/mol. The van der Waals surface area contributed by atoms with Gasteiger partial charge in [0.25, 0.3) is 0 Å². The molecule has 0 bridgehead atoms. The van der Waals surface area contributed by atoms with E-state index in [0.29, 0.717) is 18.0 Å². The van der Waals surface area contributed by atoms with Gasteiger partial charge in [0, 0.05) is 18.0 Å². The van der Waals surface area contributed by atoms with E-state index in [2.05, 4.69) is 0 Å². The Morgan fingerprint density at radius 1 is 1.08 bits per heavy atom. The fourth-order valence-electron chi connectivity index (χ4n) is 2.55. The van der Waals surface area contributed by atoms with Crippen molar-refractivity contribution in [3.63, 3.8) is 0 Å². The quantitative estimate of drug-likeness (QED) is 0.701. The van der Waals surface area contributed by atoms with Crippen molar-refractivity contribution in [1.29, 1.82) is 0 Å². The van der Waals surface area contributed by atoms with Crippen molar-refractivity contribution in [3.8, 4) is 0 Å². The molecule has 1 atom stereocenters. The number of esters is 1. The number of halogens is 1. The van der Waals surface area contributed by atoms with Gasteiger partial charge in [-0.3, -0.25) is 9.59 Å². The molecule has 4 nitrogen and oxygen atoms in total. The van der Waals surface area contributed by atoms with Gasteiger partial charge in [0.1, 0.15) is 6.54 Å². The van der Waals surface area contributed by atoms with Gasteiger partial charge in [-0.25, -0.2) is 0 Å². The Bertz CT molecular complexity index is 701. The van der Waals surface area contributed by atoms with E-state index in [4.69, 9.17) is 16.3 Å². The molecule has 0 heterocycles. The number of carbonyl (C=O) groups is 2. The topological polar surface area (TPSA) is 46.6 Å². The average Bonchev–Trinajstić information content (AvgIpc) is 2.63. The van der Waals surface area contributed by atoms with Crippen LogP contribution in [-0.4, -0.2) is 30.4 Å². The maximum Gasteiger partial charge on any atom is 0.325 e. The second-order valence-corrected chi connectivity index (χ2v) is 6.40. The van der Waals surface area contributed by atoms with Crippen LogP contribution in [0.5, 0.6) is 0 Å². The maximum absolute atomic E-state index is 12.7. The molecule has 2 aromatic carbocycles. The fraction of sp³-hybridized carbons (Fsp3) is 0.300. The van der Waals surface area contributed by atoms with Crippen LogP contribution < -0.4 is 0 Å². The summed E-state index contributed by atoms with van der Waals surface area (Å²) in [7, 11) is 1.32.